The van der Waals surface area contributed by atoms with Crippen LogP contribution in [-0.2, 0) is 32.1 Å². The normalized spacial score (nSPS) is 28.2. The molecule has 5 N–H and O–H groups in total. The van der Waals surface area contributed by atoms with Crippen LogP contribution in [0.3, 0.4) is 0 Å². The molecule has 3 aliphatic rings. The summed E-state index contributed by atoms with van der Waals surface area (Å²) in [5, 5.41) is 33.9. The van der Waals surface area contributed by atoms with Crippen LogP contribution in [-0.4, -0.2) is 67.3 Å². The van der Waals surface area contributed by atoms with Gasteiger partial charge in [-0.2, -0.15) is 0 Å². The molecule has 2 aromatic carbocycles. The zero-order valence-electron chi connectivity index (χ0n) is 21.2. The third-order valence-electron chi connectivity index (χ3n) is 8.31. The molecule has 3 unspecified atom stereocenters. The Morgan fingerprint density at radius 2 is 1.85 bits per heavy atom. The largest absolute Gasteiger partial charge is 0.479 e. The molecule has 40 heavy (non-hydrogen) atoms. The molecule has 11 heteroatoms. The van der Waals surface area contributed by atoms with Gasteiger partial charge in [0.05, 0.1) is 23.5 Å². The van der Waals surface area contributed by atoms with Gasteiger partial charge in [0.2, 0.25) is 18.1 Å². The number of carbonyl (C=O) groups is 3. The van der Waals surface area contributed by atoms with E-state index in [1.165, 1.54) is 5.56 Å². The van der Waals surface area contributed by atoms with Gasteiger partial charge in [0.15, 0.2) is 6.10 Å². The minimum Gasteiger partial charge on any atom is -0.479 e. The van der Waals surface area contributed by atoms with E-state index in [-0.39, 0.29) is 24.0 Å². The average Bonchev–Trinajstić information content (AvgIpc) is 3.60. The predicted octanol–water partition coefficient (Wildman–Crippen LogP) is 1.89. The van der Waals surface area contributed by atoms with E-state index in [2.05, 4.69) is 20.9 Å². The Kier molecular flexibility index (Phi) is 5.70. The molecule has 0 radical (unpaired) electrons. The van der Waals surface area contributed by atoms with E-state index in [0.29, 0.717) is 11.1 Å². The topological polar surface area (TPSA) is 163 Å². The molecule has 0 spiro atoms. The number of aromatic nitrogens is 2. The zero-order valence-corrected chi connectivity index (χ0v) is 21.2. The number of aliphatic hydroxyl groups excluding tert-OH is 2. The van der Waals surface area contributed by atoms with Crippen molar-refractivity contribution in [2.75, 3.05) is 0 Å². The first-order valence-electron chi connectivity index (χ1n) is 13.3. The Balaban J connectivity index is 1.23. The van der Waals surface area contributed by atoms with Crippen LogP contribution in [0.25, 0.3) is 21.8 Å². The molecule has 6 atom stereocenters. The summed E-state index contributed by atoms with van der Waals surface area (Å²) in [5.41, 5.74) is 4.47. The Bertz CT molecular complexity index is 1690. The first kappa shape index (κ1) is 24.8. The number of para-hydroxylation sites is 1. The van der Waals surface area contributed by atoms with Crippen molar-refractivity contribution >= 4 is 39.6 Å². The molecule has 2 fully saturated rings. The first-order chi connectivity index (χ1) is 19.3. The van der Waals surface area contributed by atoms with Gasteiger partial charge >= 0.3 is 5.97 Å². The number of aromatic amines is 1. The van der Waals surface area contributed by atoms with E-state index in [4.69, 9.17) is 9.47 Å². The maximum absolute atomic E-state index is 13.2. The zero-order chi connectivity index (χ0) is 27.7. The highest BCUT2D eigenvalue weighted by atomic mass is 16.7. The number of nitrogens with one attached hydrogen (secondary N) is 2. The van der Waals surface area contributed by atoms with E-state index in [9.17, 15) is 29.7 Å². The number of aliphatic hydroxyl groups is 2. The summed E-state index contributed by atoms with van der Waals surface area (Å²) in [7, 11) is 0. The molecule has 11 nitrogen and oxygen atoms in total. The van der Waals surface area contributed by atoms with Gasteiger partial charge in [-0.15, -0.1) is 0 Å². The number of carbonyl (C=O) groups excluding carboxylic acids is 2. The van der Waals surface area contributed by atoms with Crippen molar-refractivity contribution in [1.29, 1.82) is 0 Å². The Labute approximate surface area is 227 Å². The maximum atomic E-state index is 13.2. The maximum Gasteiger partial charge on any atom is 0.333 e. The summed E-state index contributed by atoms with van der Waals surface area (Å²) < 4.78 is 13.2. The summed E-state index contributed by atoms with van der Waals surface area (Å²) in [5.74, 6) is -3.13. The molecule has 0 bridgehead atoms. The quantitative estimate of drug-likeness (QED) is 0.238. The molecular formula is C29H27N3O8. The average molecular weight is 546 g/mol. The molecule has 2 aromatic heterocycles. The van der Waals surface area contributed by atoms with Gasteiger partial charge in [-0.25, -0.2) is 4.79 Å². The van der Waals surface area contributed by atoms with Crippen LogP contribution in [0.4, 0.5) is 0 Å². The molecule has 7 rings (SSSR count). The molecule has 2 amide bonds. The first-order valence-corrected chi connectivity index (χ1v) is 13.3. The van der Waals surface area contributed by atoms with Crippen molar-refractivity contribution in [1.82, 2.24) is 14.9 Å². The van der Waals surface area contributed by atoms with E-state index < -0.39 is 42.4 Å². The monoisotopic (exact) mass is 545 g/mol. The number of aliphatic carboxylic acids is 1. The minimum atomic E-state index is -1.43. The number of rotatable bonds is 5. The number of fused-ring (bicyclic) bond motifs is 1. The highest BCUT2D eigenvalue weighted by Crippen LogP contribution is 2.44. The Hall–Kier alpha value is -4.19. The second kappa shape index (κ2) is 9.19. The summed E-state index contributed by atoms with van der Waals surface area (Å²) >= 11 is 0. The number of hydrogen-bond acceptors (Lipinski definition) is 7. The van der Waals surface area contributed by atoms with Gasteiger partial charge in [0, 0.05) is 47.7 Å². The lowest BCUT2D eigenvalue weighted by Crippen LogP contribution is -2.52. The number of carboxylic acids is 1. The molecule has 0 aliphatic carbocycles. The second-order valence-corrected chi connectivity index (χ2v) is 10.7. The third-order valence-corrected chi connectivity index (χ3v) is 8.31. The van der Waals surface area contributed by atoms with E-state index in [1.807, 2.05) is 18.3 Å². The standard InChI is InChI=1S/C29H27N3O8/c33-20-10-21(28(37)38)40-29(25(20)34)39-14-6-7-15-17(11-30-19(15)9-14)22-23(27(36)31-26(22)35)18-12-32-8-2-4-13-3-1-5-16(18)24(13)32/h1,3,5-7,9,11-12,20-23,25,29-30,33-34H,2,4,8,10H2,(H,37,38)(H,31,35,36)/t20-,21+,22+,23?,25?,29?/m1/s1. The van der Waals surface area contributed by atoms with Gasteiger partial charge in [0.1, 0.15) is 11.9 Å². The number of ether oxygens (including phenoxy) is 2. The van der Waals surface area contributed by atoms with Gasteiger partial charge in [0.25, 0.3) is 0 Å². The smallest absolute Gasteiger partial charge is 0.333 e. The number of H-pyrrole nitrogens is 1. The van der Waals surface area contributed by atoms with Gasteiger partial charge in [-0.05, 0) is 41.7 Å². The van der Waals surface area contributed by atoms with Crippen LogP contribution in [0.5, 0.6) is 5.75 Å². The number of hydrogen-bond donors (Lipinski definition) is 5. The van der Waals surface area contributed by atoms with Crippen molar-refractivity contribution < 1.29 is 39.2 Å². The van der Waals surface area contributed by atoms with Crippen LogP contribution in [0.15, 0.2) is 48.8 Å². The predicted molar refractivity (Wildman–Crippen MR) is 141 cm³/mol. The fourth-order valence-corrected chi connectivity index (χ4v) is 6.44. The van der Waals surface area contributed by atoms with Crippen LogP contribution < -0.4 is 10.1 Å². The van der Waals surface area contributed by atoms with E-state index >= 15 is 0 Å². The highest BCUT2D eigenvalue weighted by molar-refractivity contribution is 6.13. The van der Waals surface area contributed by atoms with Crippen LogP contribution in [0.1, 0.15) is 41.4 Å². The van der Waals surface area contributed by atoms with Crippen molar-refractivity contribution in [3.63, 3.8) is 0 Å². The number of aryl methyl sites for hydroxylation is 2. The molecule has 5 heterocycles. The molecule has 206 valence electrons. The molecular weight excluding hydrogens is 518 g/mol. The van der Waals surface area contributed by atoms with E-state index in [0.717, 1.165) is 41.2 Å². The van der Waals surface area contributed by atoms with Crippen molar-refractivity contribution in [3.8, 4) is 5.75 Å². The fraction of sp³-hybridized carbons (Fsp3) is 0.345. The number of amides is 2. The highest BCUT2D eigenvalue weighted by Gasteiger charge is 2.46. The third kappa shape index (κ3) is 3.80. The van der Waals surface area contributed by atoms with Crippen LogP contribution >= 0.6 is 0 Å². The fourth-order valence-electron chi connectivity index (χ4n) is 6.44. The van der Waals surface area contributed by atoms with Crippen LogP contribution in [0.2, 0.25) is 0 Å². The van der Waals surface area contributed by atoms with Gasteiger partial charge < -0.3 is 34.3 Å². The van der Waals surface area contributed by atoms with Gasteiger partial charge in [-0.3, -0.25) is 14.9 Å². The number of nitrogens with zero attached hydrogens (tertiary/aromatic N) is 1. The lowest BCUT2D eigenvalue weighted by molar-refractivity contribution is -0.238. The Morgan fingerprint density at radius 1 is 1.05 bits per heavy atom. The number of imide groups is 1. The molecule has 0 saturated carbocycles. The summed E-state index contributed by atoms with van der Waals surface area (Å²) in [6.07, 6.45) is 0.0213. The van der Waals surface area contributed by atoms with Crippen LogP contribution in [0, 0.1) is 0 Å². The Morgan fingerprint density at radius 3 is 2.65 bits per heavy atom. The summed E-state index contributed by atoms with van der Waals surface area (Å²) in [6, 6.07) is 11.1. The SMILES string of the molecule is O=C1NC(=O)[C@@H](c2c[nH]c3cc(OC4O[C@H](C(=O)O)C[C@@H](O)C4O)ccc23)C1c1cn2c3c(cccc13)CCC2. The van der Waals surface area contributed by atoms with Gasteiger partial charge in [-0.1, -0.05) is 18.2 Å². The number of carboxylic acid groups (broad SMARTS) is 1. The van der Waals surface area contributed by atoms with Crippen molar-refractivity contribution in [2.24, 2.45) is 0 Å². The number of benzene rings is 2. The molecule has 4 aromatic rings. The lowest BCUT2D eigenvalue weighted by Gasteiger charge is -2.35. The van der Waals surface area contributed by atoms with E-state index in [1.54, 1.807) is 24.4 Å². The minimum absolute atomic E-state index is 0.251. The summed E-state index contributed by atoms with van der Waals surface area (Å²) in [6.45, 7) is 0.861. The van der Waals surface area contributed by atoms with Crippen molar-refractivity contribution in [2.45, 2.75) is 62.2 Å². The second-order valence-electron chi connectivity index (χ2n) is 10.7. The van der Waals surface area contributed by atoms with Crippen molar-refractivity contribution in [3.05, 3.63) is 65.5 Å². The molecule has 2 saturated heterocycles. The summed E-state index contributed by atoms with van der Waals surface area (Å²) in [4.78, 5) is 40.9. The molecule has 3 aliphatic heterocycles. The lowest BCUT2D eigenvalue weighted by atomic mass is 9.83.